The molecule has 148 valence electrons. The van der Waals surface area contributed by atoms with Gasteiger partial charge in [-0.05, 0) is 42.8 Å². The summed E-state index contributed by atoms with van der Waals surface area (Å²) >= 11 is 0. The van der Waals surface area contributed by atoms with E-state index in [1.165, 1.54) is 12.1 Å². The molecule has 1 amide bonds. The van der Waals surface area contributed by atoms with E-state index in [0.717, 1.165) is 23.6 Å². The van der Waals surface area contributed by atoms with Crippen molar-refractivity contribution in [1.82, 2.24) is 4.90 Å². The van der Waals surface area contributed by atoms with Gasteiger partial charge in [-0.15, -0.1) is 0 Å². The molecule has 0 radical (unpaired) electrons. The number of nitro groups is 1. The van der Waals surface area contributed by atoms with Gasteiger partial charge in [0.15, 0.2) is 11.5 Å². The molecule has 1 heterocycles. The molecule has 3 rings (SSSR count). The zero-order valence-electron chi connectivity index (χ0n) is 15.9. The Bertz CT molecular complexity index is 884. The van der Waals surface area contributed by atoms with Gasteiger partial charge in [0, 0.05) is 37.3 Å². The zero-order chi connectivity index (χ0) is 20.1. The molecule has 28 heavy (non-hydrogen) atoms. The van der Waals surface area contributed by atoms with Crippen LogP contribution in [0.25, 0.3) is 0 Å². The van der Waals surface area contributed by atoms with E-state index in [0.29, 0.717) is 30.8 Å². The first-order valence-corrected chi connectivity index (χ1v) is 9.12. The molecule has 0 atom stereocenters. The number of hydrogen-bond donors (Lipinski definition) is 1. The van der Waals surface area contributed by atoms with Crippen molar-refractivity contribution >= 4 is 17.3 Å². The molecule has 8 nitrogen and oxygen atoms in total. The molecule has 8 heteroatoms. The van der Waals surface area contributed by atoms with Crippen molar-refractivity contribution < 1.29 is 19.2 Å². The topological polar surface area (TPSA) is 93.9 Å². The Morgan fingerprint density at radius 3 is 2.71 bits per heavy atom. The van der Waals surface area contributed by atoms with Crippen LogP contribution in [0, 0.1) is 17.0 Å². The molecular formula is C20H23N3O5. The number of fused-ring (bicyclic) bond motifs is 1. The first kappa shape index (κ1) is 19.6. The summed E-state index contributed by atoms with van der Waals surface area (Å²) in [6, 6.07) is 10.3. The maximum absolute atomic E-state index is 12.3. The minimum atomic E-state index is -0.451. The maximum atomic E-state index is 12.3. The normalized spacial score (nSPS) is 12.2. The summed E-state index contributed by atoms with van der Waals surface area (Å²) in [7, 11) is 0. The quantitative estimate of drug-likeness (QED) is 0.552. The van der Waals surface area contributed by atoms with Crippen LogP contribution in [0.4, 0.5) is 11.4 Å². The van der Waals surface area contributed by atoms with Gasteiger partial charge in [0.25, 0.3) is 5.69 Å². The number of carbonyl (C=O) groups is 1. The first-order chi connectivity index (χ1) is 13.5. The van der Waals surface area contributed by atoms with Crippen LogP contribution in [0.2, 0.25) is 0 Å². The monoisotopic (exact) mass is 385 g/mol. The van der Waals surface area contributed by atoms with Crippen LogP contribution in [-0.4, -0.2) is 35.6 Å². The van der Waals surface area contributed by atoms with Gasteiger partial charge in [0.1, 0.15) is 0 Å². The Hall–Kier alpha value is -3.13. The Labute approximate surface area is 163 Å². The third kappa shape index (κ3) is 4.77. The number of nitro benzene ring substituents is 1. The summed E-state index contributed by atoms with van der Waals surface area (Å²) < 4.78 is 10.7. The minimum Gasteiger partial charge on any atom is -0.454 e. The third-order valence-corrected chi connectivity index (χ3v) is 4.64. The van der Waals surface area contributed by atoms with Crippen LogP contribution >= 0.6 is 0 Å². The van der Waals surface area contributed by atoms with Gasteiger partial charge < -0.3 is 14.8 Å². The van der Waals surface area contributed by atoms with Crippen molar-refractivity contribution in [2.75, 3.05) is 25.2 Å². The lowest BCUT2D eigenvalue weighted by Crippen LogP contribution is -2.27. The maximum Gasteiger partial charge on any atom is 0.269 e. The van der Waals surface area contributed by atoms with E-state index in [2.05, 4.69) is 10.2 Å². The van der Waals surface area contributed by atoms with Crippen LogP contribution in [0.1, 0.15) is 24.5 Å². The Kier molecular flexibility index (Phi) is 6.10. The standard InChI is InChI=1S/C20H23N3O5/c1-3-22(12-15-4-7-18-19(11-15)28-13-27-18)9-8-20(24)21-17-6-5-16(23(25)26)10-14(17)2/h4-7,10-11H,3,8-9,12-13H2,1-2H3,(H,21,24). The molecule has 1 N–H and O–H groups in total. The van der Waals surface area contributed by atoms with Gasteiger partial charge in [0.2, 0.25) is 12.7 Å². The third-order valence-electron chi connectivity index (χ3n) is 4.64. The molecule has 2 aromatic rings. The Morgan fingerprint density at radius 1 is 1.21 bits per heavy atom. The summed E-state index contributed by atoms with van der Waals surface area (Å²) in [5.41, 5.74) is 2.36. The molecule has 0 saturated heterocycles. The molecule has 0 fully saturated rings. The van der Waals surface area contributed by atoms with E-state index >= 15 is 0 Å². The van der Waals surface area contributed by atoms with Crippen molar-refractivity contribution in [3.63, 3.8) is 0 Å². The van der Waals surface area contributed by atoms with Crippen molar-refractivity contribution in [2.45, 2.75) is 26.8 Å². The number of amides is 1. The van der Waals surface area contributed by atoms with E-state index in [9.17, 15) is 14.9 Å². The fourth-order valence-corrected chi connectivity index (χ4v) is 3.02. The smallest absolute Gasteiger partial charge is 0.269 e. The highest BCUT2D eigenvalue weighted by molar-refractivity contribution is 5.91. The Balaban J connectivity index is 1.53. The van der Waals surface area contributed by atoms with Gasteiger partial charge >= 0.3 is 0 Å². The van der Waals surface area contributed by atoms with Crippen LogP contribution in [0.15, 0.2) is 36.4 Å². The summed E-state index contributed by atoms with van der Waals surface area (Å²) in [6.07, 6.45) is 0.328. The minimum absolute atomic E-state index is 0.0105. The molecular weight excluding hydrogens is 362 g/mol. The number of nitrogens with zero attached hydrogens (tertiary/aromatic N) is 2. The Morgan fingerprint density at radius 2 is 2.00 bits per heavy atom. The van der Waals surface area contributed by atoms with E-state index in [4.69, 9.17) is 9.47 Å². The lowest BCUT2D eigenvalue weighted by atomic mass is 10.1. The number of nitrogens with one attached hydrogen (secondary N) is 1. The second-order valence-electron chi connectivity index (χ2n) is 6.61. The molecule has 0 spiro atoms. The highest BCUT2D eigenvalue weighted by Gasteiger charge is 2.15. The number of hydrogen-bond acceptors (Lipinski definition) is 6. The second-order valence-corrected chi connectivity index (χ2v) is 6.61. The highest BCUT2D eigenvalue weighted by Crippen LogP contribution is 2.32. The summed E-state index contributed by atoms with van der Waals surface area (Å²) in [6.45, 7) is 6.14. The number of anilines is 1. The van der Waals surface area contributed by atoms with Gasteiger partial charge in [-0.25, -0.2) is 0 Å². The van der Waals surface area contributed by atoms with Gasteiger partial charge in [-0.3, -0.25) is 19.8 Å². The lowest BCUT2D eigenvalue weighted by Gasteiger charge is -2.20. The van der Waals surface area contributed by atoms with E-state index < -0.39 is 4.92 Å². The van der Waals surface area contributed by atoms with Crippen LogP contribution in [0.3, 0.4) is 0 Å². The van der Waals surface area contributed by atoms with E-state index in [1.54, 1.807) is 13.0 Å². The van der Waals surface area contributed by atoms with Crippen LogP contribution < -0.4 is 14.8 Å². The van der Waals surface area contributed by atoms with Crippen molar-refractivity contribution in [3.05, 3.63) is 57.6 Å². The second kappa shape index (κ2) is 8.71. The average Bonchev–Trinajstić information content (AvgIpc) is 3.14. The van der Waals surface area contributed by atoms with Crippen molar-refractivity contribution in [1.29, 1.82) is 0 Å². The van der Waals surface area contributed by atoms with Crippen molar-refractivity contribution in [2.24, 2.45) is 0 Å². The molecule has 0 saturated carbocycles. The van der Waals surface area contributed by atoms with Gasteiger partial charge in [-0.1, -0.05) is 13.0 Å². The predicted octanol–water partition coefficient (Wildman–Crippen LogP) is 3.48. The lowest BCUT2D eigenvalue weighted by molar-refractivity contribution is -0.384. The fraction of sp³-hybridized carbons (Fsp3) is 0.350. The summed E-state index contributed by atoms with van der Waals surface area (Å²) in [4.78, 5) is 24.8. The first-order valence-electron chi connectivity index (χ1n) is 9.12. The summed E-state index contributed by atoms with van der Waals surface area (Å²) in [5.74, 6) is 1.38. The van der Waals surface area contributed by atoms with Gasteiger partial charge in [0.05, 0.1) is 4.92 Å². The summed E-state index contributed by atoms with van der Waals surface area (Å²) in [5, 5.41) is 13.6. The molecule has 1 aliphatic rings. The molecule has 0 bridgehead atoms. The number of benzene rings is 2. The van der Waals surface area contributed by atoms with Crippen LogP contribution in [0.5, 0.6) is 11.5 Å². The predicted molar refractivity (Wildman–Crippen MR) is 105 cm³/mol. The van der Waals surface area contributed by atoms with Crippen molar-refractivity contribution in [3.8, 4) is 11.5 Å². The SMILES string of the molecule is CCN(CCC(=O)Nc1ccc([N+](=O)[O-])cc1C)Cc1ccc2c(c1)OCO2. The molecule has 1 aliphatic heterocycles. The largest absolute Gasteiger partial charge is 0.454 e. The number of aryl methyl sites for hydroxylation is 1. The van der Waals surface area contributed by atoms with E-state index in [-0.39, 0.29) is 18.4 Å². The zero-order valence-corrected chi connectivity index (χ0v) is 15.9. The molecule has 2 aromatic carbocycles. The molecule has 0 unspecified atom stereocenters. The number of non-ortho nitro benzene ring substituents is 1. The van der Waals surface area contributed by atoms with Gasteiger partial charge in [-0.2, -0.15) is 0 Å². The molecule has 0 aliphatic carbocycles. The number of ether oxygens (including phenoxy) is 2. The van der Waals surface area contributed by atoms with Crippen LogP contribution in [-0.2, 0) is 11.3 Å². The fourth-order valence-electron chi connectivity index (χ4n) is 3.02. The number of rotatable bonds is 8. The average molecular weight is 385 g/mol. The van der Waals surface area contributed by atoms with E-state index in [1.807, 2.05) is 25.1 Å². The highest BCUT2D eigenvalue weighted by atomic mass is 16.7. The molecule has 0 aromatic heterocycles. The number of carbonyl (C=O) groups excluding carboxylic acids is 1.